The van der Waals surface area contributed by atoms with Crippen LogP contribution >= 0.6 is 0 Å². The van der Waals surface area contributed by atoms with Crippen LogP contribution in [0.5, 0.6) is 0 Å². The van der Waals surface area contributed by atoms with E-state index >= 15 is 0 Å². The minimum Gasteiger partial charge on any atom is -0.481 e. The molecule has 5 N–H and O–H groups in total. The second kappa shape index (κ2) is 11.9. The van der Waals surface area contributed by atoms with Crippen molar-refractivity contribution in [2.24, 2.45) is 0 Å². The number of ether oxygens (including phenoxy) is 1. The second-order valence-corrected chi connectivity index (χ2v) is 8.70. The Labute approximate surface area is 196 Å². The summed E-state index contributed by atoms with van der Waals surface area (Å²) in [5.74, 6) is -5.88. The average Bonchev–Trinajstić information content (AvgIpc) is 2.95. The lowest BCUT2D eigenvalue weighted by molar-refractivity contribution is -0.170. The van der Waals surface area contributed by atoms with Crippen molar-refractivity contribution in [3.8, 4) is 0 Å². The van der Waals surface area contributed by atoms with Gasteiger partial charge in [0.05, 0.1) is 19.4 Å². The van der Waals surface area contributed by atoms with Gasteiger partial charge in [-0.2, -0.15) is 0 Å². The highest BCUT2D eigenvalue weighted by Gasteiger charge is 2.41. The number of benzene rings is 1. The quantitative estimate of drug-likeness (QED) is 0.313. The lowest BCUT2D eigenvalue weighted by atomic mass is 9.96. The summed E-state index contributed by atoms with van der Waals surface area (Å²) < 4.78 is 5.70. The number of esters is 1. The van der Waals surface area contributed by atoms with Crippen LogP contribution in [-0.2, 0) is 23.9 Å². The molecule has 2 fully saturated rings. The zero-order chi connectivity index (χ0) is 25.5. The first-order chi connectivity index (χ1) is 16.0. The number of aliphatic hydroxyl groups excluding tert-OH is 1. The predicted molar refractivity (Wildman–Crippen MR) is 117 cm³/mol. The molecule has 2 bridgehead atoms. The minimum absolute atomic E-state index is 0.00367. The topological polar surface area (TPSA) is 182 Å². The molecule has 34 heavy (non-hydrogen) atoms. The molecular formula is C23H31NO10. The Kier molecular flexibility index (Phi) is 9.54. The molecule has 0 saturated carbocycles. The number of nitrogens with zero attached hydrogens (tertiary/aromatic N) is 1. The second-order valence-electron chi connectivity index (χ2n) is 8.70. The number of aliphatic carboxylic acids is 3. The van der Waals surface area contributed by atoms with Crippen LogP contribution < -0.4 is 0 Å². The average molecular weight is 481 g/mol. The van der Waals surface area contributed by atoms with Gasteiger partial charge in [-0.15, -0.1) is 0 Å². The van der Waals surface area contributed by atoms with Crippen LogP contribution in [0.2, 0.25) is 0 Å². The summed E-state index contributed by atoms with van der Waals surface area (Å²) in [4.78, 5) is 45.3. The number of hydrogen-bond donors (Lipinski definition) is 5. The van der Waals surface area contributed by atoms with E-state index < -0.39 is 42.3 Å². The highest BCUT2D eigenvalue weighted by atomic mass is 16.5. The van der Waals surface area contributed by atoms with Crippen molar-refractivity contribution in [1.29, 1.82) is 0 Å². The number of fused-ring (bicyclic) bond motifs is 2. The van der Waals surface area contributed by atoms with Crippen LogP contribution in [0.3, 0.4) is 0 Å². The van der Waals surface area contributed by atoms with Crippen LogP contribution in [0.1, 0.15) is 50.0 Å². The molecule has 4 atom stereocenters. The standard InChI is InChI=1S/C17H23NO3.C6H8O7/c1-18-13-7-8-14(18)10-15(9-13)21-17(20)16(11-19)12-5-3-2-4-6-12;7-3(8)1-6(13,5(11)12)2-4(9)10/h2-6,13-16,19H,7-11H2,1H3;13H,1-2H2,(H,7,8)(H,9,10)(H,11,12)/t13-,14+,15?,16?;. The van der Waals surface area contributed by atoms with Crippen LogP contribution in [0, 0.1) is 0 Å². The summed E-state index contributed by atoms with van der Waals surface area (Å²) in [5, 5.41) is 43.3. The smallest absolute Gasteiger partial charge is 0.336 e. The molecule has 2 unspecified atom stereocenters. The lowest BCUT2D eigenvalue weighted by Gasteiger charge is -2.36. The molecule has 2 aliphatic rings. The number of piperidine rings is 1. The van der Waals surface area contributed by atoms with E-state index in [0.717, 1.165) is 18.4 Å². The maximum absolute atomic E-state index is 12.4. The van der Waals surface area contributed by atoms with Gasteiger partial charge >= 0.3 is 23.9 Å². The van der Waals surface area contributed by atoms with Crippen molar-refractivity contribution in [3.63, 3.8) is 0 Å². The van der Waals surface area contributed by atoms with Gasteiger partial charge in [0.25, 0.3) is 0 Å². The van der Waals surface area contributed by atoms with E-state index in [1.807, 2.05) is 30.3 Å². The molecule has 1 aromatic carbocycles. The van der Waals surface area contributed by atoms with Crippen LogP contribution in [0.4, 0.5) is 0 Å². The van der Waals surface area contributed by atoms with Gasteiger partial charge < -0.3 is 35.2 Å². The summed E-state index contributed by atoms with van der Waals surface area (Å²) in [6, 6.07) is 10.5. The minimum atomic E-state index is -2.74. The Balaban J connectivity index is 0.000000273. The van der Waals surface area contributed by atoms with Crippen molar-refractivity contribution in [1.82, 2.24) is 4.90 Å². The fraction of sp³-hybridized carbons (Fsp3) is 0.565. The van der Waals surface area contributed by atoms with Gasteiger partial charge in [0.15, 0.2) is 5.60 Å². The Bertz CT molecular complexity index is 844. The van der Waals surface area contributed by atoms with E-state index in [0.29, 0.717) is 12.1 Å². The number of carboxylic acid groups (broad SMARTS) is 3. The number of rotatable bonds is 9. The van der Waals surface area contributed by atoms with E-state index in [1.165, 1.54) is 12.8 Å². The lowest BCUT2D eigenvalue weighted by Crippen LogP contribution is -2.43. The van der Waals surface area contributed by atoms with Gasteiger partial charge in [0.1, 0.15) is 12.0 Å². The van der Waals surface area contributed by atoms with Gasteiger partial charge in [-0.25, -0.2) is 4.79 Å². The molecule has 188 valence electrons. The molecule has 0 radical (unpaired) electrons. The monoisotopic (exact) mass is 481 g/mol. The number of aliphatic hydroxyl groups is 2. The van der Waals surface area contributed by atoms with Crippen LogP contribution in [0.15, 0.2) is 30.3 Å². The Morgan fingerprint density at radius 3 is 1.91 bits per heavy atom. The first-order valence-corrected chi connectivity index (χ1v) is 10.9. The van der Waals surface area contributed by atoms with Crippen molar-refractivity contribution in [2.75, 3.05) is 13.7 Å². The molecule has 1 aromatic rings. The molecule has 2 aliphatic heterocycles. The van der Waals surface area contributed by atoms with Gasteiger partial charge in [0.2, 0.25) is 0 Å². The number of carbonyl (C=O) groups is 4. The molecular weight excluding hydrogens is 450 g/mol. The highest BCUT2D eigenvalue weighted by molar-refractivity contribution is 5.88. The van der Waals surface area contributed by atoms with Crippen molar-refractivity contribution < 1.29 is 49.4 Å². The van der Waals surface area contributed by atoms with Crippen molar-refractivity contribution >= 4 is 23.9 Å². The number of carbonyl (C=O) groups excluding carboxylic acids is 1. The molecule has 0 amide bonds. The molecule has 2 heterocycles. The van der Waals surface area contributed by atoms with E-state index in [-0.39, 0.29) is 18.7 Å². The summed E-state index contributed by atoms with van der Waals surface area (Å²) in [6.45, 7) is -0.206. The van der Waals surface area contributed by atoms with E-state index in [1.54, 1.807) is 0 Å². The van der Waals surface area contributed by atoms with E-state index in [2.05, 4.69) is 11.9 Å². The molecule has 11 nitrogen and oxygen atoms in total. The zero-order valence-corrected chi connectivity index (χ0v) is 18.9. The summed E-state index contributed by atoms with van der Waals surface area (Å²) in [7, 11) is 2.17. The first-order valence-electron chi connectivity index (χ1n) is 10.9. The molecule has 11 heteroatoms. The summed E-state index contributed by atoms with van der Waals surface area (Å²) in [5.41, 5.74) is -1.92. The van der Waals surface area contributed by atoms with Gasteiger partial charge in [-0.05, 0) is 38.3 Å². The largest absolute Gasteiger partial charge is 0.481 e. The predicted octanol–water partition coefficient (Wildman–Crippen LogP) is 0.682. The third kappa shape index (κ3) is 7.24. The first kappa shape index (κ1) is 27.2. The van der Waals surface area contributed by atoms with Gasteiger partial charge in [-0.1, -0.05) is 30.3 Å². The van der Waals surface area contributed by atoms with Gasteiger partial charge in [-0.3, -0.25) is 14.4 Å². The SMILES string of the molecule is CN1[C@@H]2CC[C@H]1CC(OC(=O)C(CO)c1ccccc1)C2.O=C(O)CC(O)(CC(=O)O)C(=O)O. The Morgan fingerprint density at radius 2 is 1.50 bits per heavy atom. The molecule has 0 aromatic heterocycles. The van der Waals surface area contributed by atoms with E-state index in [9.17, 15) is 24.3 Å². The van der Waals surface area contributed by atoms with E-state index in [4.69, 9.17) is 25.2 Å². The number of hydrogen-bond acceptors (Lipinski definition) is 8. The number of carboxylic acids is 3. The summed E-state index contributed by atoms with van der Waals surface area (Å²) in [6.07, 6.45) is 1.97. The maximum Gasteiger partial charge on any atom is 0.336 e. The summed E-state index contributed by atoms with van der Waals surface area (Å²) >= 11 is 0. The fourth-order valence-corrected chi connectivity index (χ4v) is 4.42. The Hall–Kier alpha value is -3.02. The third-order valence-corrected chi connectivity index (χ3v) is 6.29. The third-order valence-electron chi connectivity index (χ3n) is 6.29. The maximum atomic E-state index is 12.4. The Morgan fingerprint density at radius 1 is 1.00 bits per heavy atom. The van der Waals surface area contributed by atoms with Crippen LogP contribution in [0.25, 0.3) is 0 Å². The van der Waals surface area contributed by atoms with Gasteiger partial charge in [0, 0.05) is 12.1 Å². The molecule has 0 aliphatic carbocycles. The fourth-order valence-electron chi connectivity index (χ4n) is 4.42. The van der Waals surface area contributed by atoms with Crippen LogP contribution in [-0.4, -0.2) is 91.8 Å². The highest BCUT2D eigenvalue weighted by Crippen LogP contribution is 2.36. The molecule has 0 spiro atoms. The molecule has 3 rings (SSSR count). The normalized spacial score (nSPS) is 22.7. The van der Waals surface area contributed by atoms with Crippen molar-refractivity contribution in [2.45, 2.75) is 68.2 Å². The zero-order valence-electron chi connectivity index (χ0n) is 18.9. The molecule has 2 saturated heterocycles. The van der Waals surface area contributed by atoms with Crippen molar-refractivity contribution in [3.05, 3.63) is 35.9 Å².